The number of carbonyl (C=O) groups excluding carboxylic acids is 2. The molecule has 2 amide bonds. The number of imide groups is 1. The van der Waals surface area contributed by atoms with Gasteiger partial charge in [0.05, 0.1) is 11.4 Å². The molecule has 0 saturated carbocycles. The smallest absolute Gasteiger partial charge is 0.271 e. The van der Waals surface area contributed by atoms with Gasteiger partial charge >= 0.3 is 0 Å². The van der Waals surface area contributed by atoms with E-state index in [-0.39, 0.29) is 11.1 Å². The fourth-order valence-corrected chi connectivity index (χ4v) is 4.48. The Morgan fingerprint density at radius 2 is 1.64 bits per heavy atom. The normalized spacial score (nSPS) is 14.6. The number of nitrogens with zero attached hydrogens (tertiary/aromatic N) is 4. The molecule has 39 heavy (non-hydrogen) atoms. The molecule has 1 aliphatic rings. The van der Waals surface area contributed by atoms with Gasteiger partial charge in [-0.3, -0.25) is 14.5 Å². The van der Waals surface area contributed by atoms with E-state index in [1.54, 1.807) is 17.7 Å². The van der Waals surface area contributed by atoms with Gasteiger partial charge in [0.1, 0.15) is 24.0 Å². The van der Waals surface area contributed by atoms with Gasteiger partial charge in [0.25, 0.3) is 11.8 Å². The second-order valence-corrected chi connectivity index (χ2v) is 9.31. The van der Waals surface area contributed by atoms with Crippen molar-refractivity contribution in [2.45, 2.75) is 20.5 Å². The summed E-state index contributed by atoms with van der Waals surface area (Å²) in [7, 11) is 1.38. The summed E-state index contributed by atoms with van der Waals surface area (Å²) in [5.74, 6) is -0.292. The molecule has 0 atom stereocenters. The molecule has 192 valence electrons. The lowest BCUT2D eigenvalue weighted by Gasteiger charge is -2.23. The number of aryl methyl sites for hydroxylation is 1. The van der Waals surface area contributed by atoms with E-state index in [0.717, 1.165) is 33.0 Å². The fraction of sp³-hybridized carbons (Fsp3) is 0.125. The molecule has 0 saturated heterocycles. The maximum atomic E-state index is 13.1. The quantitative estimate of drug-likeness (QED) is 0.245. The first-order valence-electron chi connectivity index (χ1n) is 12.5. The molecule has 0 N–H and O–H groups in total. The lowest BCUT2D eigenvalue weighted by atomic mass is 9.93. The van der Waals surface area contributed by atoms with Crippen LogP contribution in [0.3, 0.4) is 0 Å². The van der Waals surface area contributed by atoms with Gasteiger partial charge in [-0.1, -0.05) is 48.5 Å². The van der Waals surface area contributed by atoms with Crippen LogP contribution in [0.15, 0.2) is 102 Å². The minimum atomic E-state index is -0.598. The van der Waals surface area contributed by atoms with Gasteiger partial charge in [-0.25, -0.2) is 4.68 Å². The Bertz CT molecular complexity index is 1680. The number of carbonyl (C=O) groups is 2. The molecule has 1 aromatic heterocycles. The van der Waals surface area contributed by atoms with E-state index >= 15 is 0 Å². The number of para-hydroxylation sites is 1. The van der Waals surface area contributed by atoms with Crippen LogP contribution >= 0.6 is 0 Å². The third-order valence-corrected chi connectivity index (χ3v) is 6.69. The number of hydrogen-bond acceptors (Lipinski definition) is 5. The fourth-order valence-electron chi connectivity index (χ4n) is 4.48. The number of aromatic nitrogens is 2. The van der Waals surface area contributed by atoms with E-state index in [9.17, 15) is 14.9 Å². The van der Waals surface area contributed by atoms with Crippen molar-refractivity contribution in [3.05, 3.63) is 118 Å². The van der Waals surface area contributed by atoms with Gasteiger partial charge in [0, 0.05) is 29.9 Å². The number of nitriles is 1. The van der Waals surface area contributed by atoms with Crippen LogP contribution in [0.5, 0.6) is 5.75 Å². The maximum absolute atomic E-state index is 13.1. The standard InChI is InChI=1S/C32H26N4O3/c1-21-16-24(14-15-29(21)39-20-23-10-6-4-7-11-23)30-25(19-36(34-30)26-12-8-5-9-13-26)17-27-22(2)28(18-33)32(38)35(3)31(27)37/h4-17,19H,20H2,1-3H3/b27-17+. The average Bonchev–Trinajstić information content (AvgIpc) is 3.39. The lowest BCUT2D eigenvalue weighted by Crippen LogP contribution is -2.39. The van der Waals surface area contributed by atoms with Crippen LogP contribution < -0.4 is 4.74 Å². The molecular formula is C32H26N4O3. The first-order chi connectivity index (χ1) is 18.9. The Morgan fingerprint density at radius 1 is 0.949 bits per heavy atom. The zero-order chi connectivity index (χ0) is 27.5. The third kappa shape index (κ3) is 5.00. The zero-order valence-electron chi connectivity index (χ0n) is 21.9. The van der Waals surface area contributed by atoms with Gasteiger partial charge in [0.2, 0.25) is 0 Å². The van der Waals surface area contributed by atoms with E-state index in [0.29, 0.717) is 23.4 Å². The first kappa shape index (κ1) is 25.4. The van der Waals surface area contributed by atoms with Crippen LogP contribution in [0.4, 0.5) is 0 Å². The minimum Gasteiger partial charge on any atom is -0.489 e. The molecule has 0 spiro atoms. The number of ether oxygens (including phenoxy) is 1. The van der Waals surface area contributed by atoms with E-state index in [1.807, 2.05) is 98.1 Å². The van der Waals surface area contributed by atoms with Gasteiger partial charge in [0.15, 0.2) is 0 Å². The Labute approximate surface area is 226 Å². The van der Waals surface area contributed by atoms with Crippen molar-refractivity contribution in [3.8, 4) is 28.8 Å². The minimum absolute atomic E-state index is 0.0453. The molecule has 7 nitrogen and oxygen atoms in total. The van der Waals surface area contributed by atoms with Crippen molar-refractivity contribution >= 4 is 17.9 Å². The molecule has 0 unspecified atom stereocenters. The summed E-state index contributed by atoms with van der Waals surface area (Å²) in [5.41, 5.74) is 5.64. The highest BCUT2D eigenvalue weighted by Gasteiger charge is 2.33. The van der Waals surface area contributed by atoms with Crippen molar-refractivity contribution in [1.29, 1.82) is 5.26 Å². The Morgan fingerprint density at radius 3 is 2.31 bits per heavy atom. The van der Waals surface area contributed by atoms with E-state index in [1.165, 1.54) is 7.05 Å². The number of amides is 2. The zero-order valence-corrected chi connectivity index (χ0v) is 21.9. The Balaban J connectivity index is 1.58. The van der Waals surface area contributed by atoms with Crippen molar-refractivity contribution < 1.29 is 14.3 Å². The molecule has 3 aromatic carbocycles. The van der Waals surface area contributed by atoms with Crippen molar-refractivity contribution in [3.63, 3.8) is 0 Å². The number of likely N-dealkylation sites (N-methyl/N-ethyl adjacent to an activating group) is 1. The highest BCUT2D eigenvalue weighted by Crippen LogP contribution is 2.32. The largest absolute Gasteiger partial charge is 0.489 e. The second-order valence-electron chi connectivity index (χ2n) is 9.31. The first-order valence-corrected chi connectivity index (χ1v) is 12.5. The summed E-state index contributed by atoms with van der Waals surface area (Å²) in [6.45, 7) is 4.06. The second kappa shape index (κ2) is 10.6. The van der Waals surface area contributed by atoms with Crippen LogP contribution in [0.2, 0.25) is 0 Å². The molecule has 0 bridgehead atoms. The van der Waals surface area contributed by atoms with Gasteiger partial charge in [-0.15, -0.1) is 0 Å². The van der Waals surface area contributed by atoms with Crippen molar-refractivity contribution in [2.24, 2.45) is 0 Å². The Kier molecular flexibility index (Phi) is 6.94. The summed E-state index contributed by atoms with van der Waals surface area (Å²) < 4.78 is 7.81. The molecule has 4 aromatic rings. The summed E-state index contributed by atoms with van der Waals surface area (Å²) in [6, 6.07) is 27.4. The molecule has 0 fully saturated rings. The van der Waals surface area contributed by atoms with Gasteiger partial charge in [-0.2, -0.15) is 10.4 Å². The van der Waals surface area contributed by atoms with Crippen LogP contribution in [-0.2, 0) is 16.2 Å². The molecule has 1 aliphatic heterocycles. The number of rotatable bonds is 6. The number of benzene rings is 3. The number of hydrogen-bond donors (Lipinski definition) is 0. The van der Waals surface area contributed by atoms with Crippen molar-refractivity contribution in [1.82, 2.24) is 14.7 Å². The molecule has 5 rings (SSSR count). The van der Waals surface area contributed by atoms with Gasteiger partial charge < -0.3 is 4.74 Å². The predicted octanol–water partition coefficient (Wildman–Crippen LogP) is 5.65. The van der Waals surface area contributed by atoms with Crippen LogP contribution in [0, 0.1) is 18.3 Å². The van der Waals surface area contributed by atoms with Gasteiger partial charge in [-0.05, 0) is 67.0 Å². The molecule has 7 heteroatoms. The van der Waals surface area contributed by atoms with Crippen LogP contribution in [0.25, 0.3) is 23.0 Å². The third-order valence-electron chi connectivity index (χ3n) is 6.69. The summed E-state index contributed by atoms with van der Waals surface area (Å²) in [6.07, 6.45) is 3.55. The molecule has 0 radical (unpaired) electrons. The summed E-state index contributed by atoms with van der Waals surface area (Å²) >= 11 is 0. The monoisotopic (exact) mass is 514 g/mol. The molecule has 2 heterocycles. The molecule has 0 aliphatic carbocycles. The maximum Gasteiger partial charge on any atom is 0.271 e. The summed E-state index contributed by atoms with van der Waals surface area (Å²) in [5, 5.41) is 14.4. The topological polar surface area (TPSA) is 88.2 Å². The van der Waals surface area contributed by atoms with E-state index < -0.39 is 11.8 Å². The van der Waals surface area contributed by atoms with Crippen LogP contribution in [-0.4, -0.2) is 33.5 Å². The van der Waals surface area contributed by atoms with E-state index in [2.05, 4.69) is 0 Å². The lowest BCUT2D eigenvalue weighted by molar-refractivity contribution is -0.138. The average molecular weight is 515 g/mol. The summed E-state index contributed by atoms with van der Waals surface area (Å²) in [4.78, 5) is 26.5. The Hall–Kier alpha value is -5.22. The molecular weight excluding hydrogens is 488 g/mol. The predicted molar refractivity (Wildman–Crippen MR) is 149 cm³/mol. The van der Waals surface area contributed by atoms with E-state index in [4.69, 9.17) is 9.84 Å². The highest BCUT2D eigenvalue weighted by molar-refractivity contribution is 6.19. The SMILES string of the molecule is CC1=C(C#N)C(=O)N(C)C(=O)/C1=C/c1cn(-c2ccccc2)nc1-c1ccc(OCc2ccccc2)c(C)c1. The highest BCUT2D eigenvalue weighted by atomic mass is 16.5. The van der Waals surface area contributed by atoms with Crippen molar-refractivity contribution in [2.75, 3.05) is 7.05 Å². The van der Waals surface area contributed by atoms with Crippen LogP contribution in [0.1, 0.15) is 23.6 Å².